The number of benzene rings is 2. The fourth-order valence-electron chi connectivity index (χ4n) is 2.32. The highest BCUT2D eigenvalue weighted by Crippen LogP contribution is 2.18. The van der Waals surface area contributed by atoms with Crippen LogP contribution in [0.1, 0.15) is 11.1 Å². The normalized spacial score (nSPS) is 10.4. The van der Waals surface area contributed by atoms with Crippen LogP contribution in [0.4, 0.5) is 14.9 Å². The zero-order valence-electron chi connectivity index (χ0n) is 14.0. The average molecular weight is 350 g/mol. The third kappa shape index (κ3) is 4.86. The lowest BCUT2D eigenvalue weighted by molar-refractivity contribution is 0.206. The first-order valence-corrected chi connectivity index (χ1v) is 7.94. The maximum absolute atomic E-state index is 13.9. The summed E-state index contributed by atoms with van der Waals surface area (Å²) >= 11 is 5.94. The first-order valence-electron chi connectivity index (χ1n) is 7.56. The Hall–Kier alpha value is -2.27. The number of hydrogen-bond acceptors (Lipinski definition) is 2. The van der Waals surface area contributed by atoms with E-state index in [-0.39, 0.29) is 18.4 Å². The fraction of sp³-hybridized carbons (Fsp3) is 0.278. The van der Waals surface area contributed by atoms with Crippen LogP contribution in [0.3, 0.4) is 0 Å². The van der Waals surface area contributed by atoms with E-state index in [0.29, 0.717) is 22.8 Å². The van der Waals surface area contributed by atoms with Crippen LogP contribution in [0.15, 0.2) is 42.5 Å². The van der Waals surface area contributed by atoms with Crippen molar-refractivity contribution in [2.75, 3.05) is 26.0 Å². The summed E-state index contributed by atoms with van der Waals surface area (Å²) in [5.41, 5.74) is 2.17. The van der Waals surface area contributed by atoms with Gasteiger partial charge in [-0.3, -0.25) is 0 Å². The van der Waals surface area contributed by atoms with Crippen LogP contribution in [0.25, 0.3) is 0 Å². The molecule has 0 spiro atoms. The van der Waals surface area contributed by atoms with E-state index >= 15 is 0 Å². The second-order valence-electron chi connectivity index (χ2n) is 5.82. The molecule has 0 atom stereocenters. The molecule has 0 unspecified atom stereocenters. The third-order valence-electron chi connectivity index (χ3n) is 3.59. The van der Waals surface area contributed by atoms with Gasteiger partial charge in [0.2, 0.25) is 0 Å². The van der Waals surface area contributed by atoms with Crippen molar-refractivity contribution in [2.24, 2.45) is 0 Å². The van der Waals surface area contributed by atoms with Crippen molar-refractivity contribution < 1.29 is 9.18 Å². The molecular formula is C18H21ClFN3O. The number of rotatable bonds is 5. The number of amides is 2. The molecule has 24 heavy (non-hydrogen) atoms. The van der Waals surface area contributed by atoms with E-state index in [4.69, 9.17) is 11.6 Å². The number of carbonyl (C=O) groups is 1. The topological polar surface area (TPSA) is 35.6 Å². The number of halogens is 2. The molecule has 2 aromatic rings. The Labute approximate surface area is 146 Å². The number of urea groups is 1. The van der Waals surface area contributed by atoms with E-state index in [1.54, 1.807) is 49.1 Å². The summed E-state index contributed by atoms with van der Waals surface area (Å²) < 4.78 is 13.9. The van der Waals surface area contributed by atoms with Crippen LogP contribution >= 0.6 is 11.6 Å². The molecule has 2 rings (SSSR count). The molecule has 2 amide bonds. The van der Waals surface area contributed by atoms with E-state index in [1.807, 2.05) is 18.2 Å². The van der Waals surface area contributed by atoms with Crippen molar-refractivity contribution in [3.05, 3.63) is 64.4 Å². The standard InChI is InChI=1S/C18H21ClFN3O/c1-22(2)17-8-7-13(10-16(17)20)11-21-18(24)23(3)12-14-5-4-6-15(19)9-14/h4-10H,11-12H2,1-3H3,(H,21,24). The van der Waals surface area contributed by atoms with Gasteiger partial charge >= 0.3 is 6.03 Å². The lowest BCUT2D eigenvalue weighted by Gasteiger charge is -2.19. The number of carbonyl (C=O) groups excluding carboxylic acids is 1. The van der Waals surface area contributed by atoms with Crippen molar-refractivity contribution in [1.29, 1.82) is 0 Å². The zero-order valence-corrected chi connectivity index (χ0v) is 14.8. The fourth-order valence-corrected chi connectivity index (χ4v) is 2.53. The van der Waals surface area contributed by atoms with E-state index in [2.05, 4.69) is 5.32 Å². The summed E-state index contributed by atoms with van der Waals surface area (Å²) in [6.07, 6.45) is 0. The van der Waals surface area contributed by atoms with Gasteiger partial charge in [-0.25, -0.2) is 9.18 Å². The molecule has 0 radical (unpaired) electrons. The summed E-state index contributed by atoms with van der Waals surface area (Å²) in [6, 6.07) is 12.1. The predicted octanol–water partition coefficient (Wildman–Crippen LogP) is 3.89. The Balaban J connectivity index is 1.91. The molecule has 0 aliphatic carbocycles. The monoisotopic (exact) mass is 349 g/mol. The smallest absolute Gasteiger partial charge is 0.317 e. The molecule has 0 fully saturated rings. The minimum Gasteiger partial charge on any atom is -0.375 e. The molecule has 1 N–H and O–H groups in total. The molecule has 4 nitrogen and oxygen atoms in total. The van der Waals surface area contributed by atoms with Gasteiger partial charge in [-0.1, -0.05) is 29.8 Å². The highest BCUT2D eigenvalue weighted by molar-refractivity contribution is 6.30. The second kappa shape index (κ2) is 8.02. The molecule has 0 aliphatic rings. The van der Waals surface area contributed by atoms with Gasteiger partial charge in [0.1, 0.15) is 5.82 Å². The minimum absolute atomic E-state index is 0.230. The van der Waals surface area contributed by atoms with Crippen molar-refractivity contribution in [2.45, 2.75) is 13.1 Å². The van der Waals surface area contributed by atoms with Gasteiger partial charge in [0, 0.05) is 39.3 Å². The number of anilines is 1. The van der Waals surface area contributed by atoms with Crippen molar-refractivity contribution in [3.8, 4) is 0 Å². The zero-order chi connectivity index (χ0) is 17.7. The molecule has 0 aliphatic heterocycles. The summed E-state index contributed by atoms with van der Waals surface area (Å²) in [5, 5.41) is 3.42. The number of nitrogens with one attached hydrogen (secondary N) is 1. The van der Waals surface area contributed by atoms with E-state index in [1.165, 1.54) is 6.07 Å². The molecule has 0 bridgehead atoms. The van der Waals surface area contributed by atoms with Crippen LogP contribution in [-0.2, 0) is 13.1 Å². The highest BCUT2D eigenvalue weighted by atomic mass is 35.5. The van der Waals surface area contributed by atoms with E-state index in [0.717, 1.165) is 5.56 Å². The molecule has 128 valence electrons. The van der Waals surface area contributed by atoms with Crippen LogP contribution < -0.4 is 10.2 Å². The lowest BCUT2D eigenvalue weighted by Crippen LogP contribution is -2.36. The maximum atomic E-state index is 13.9. The van der Waals surface area contributed by atoms with Crippen LogP contribution in [0.5, 0.6) is 0 Å². The highest BCUT2D eigenvalue weighted by Gasteiger charge is 2.10. The quantitative estimate of drug-likeness (QED) is 0.889. The van der Waals surface area contributed by atoms with Crippen LogP contribution in [0.2, 0.25) is 5.02 Å². The Bertz CT molecular complexity index is 721. The maximum Gasteiger partial charge on any atom is 0.317 e. The largest absolute Gasteiger partial charge is 0.375 e. The van der Waals surface area contributed by atoms with Crippen LogP contribution in [0, 0.1) is 5.82 Å². The van der Waals surface area contributed by atoms with Gasteiger partial charge in [-0.2, -0.15) is 0 Å². The first kappa shape index (κ1) is 18.1. The van der Waals surface area contributed by atoms with Gasteiger partial charge in [0.25, 0.3) is 0 Å². The SMILES string of the molecule is CN(Cc1cccc(Cl)c1)C(=O)NCc1ccc(N(C)C)c(F)c1. The Morgan fingerprint density at radius 2 is 1.88 bits per heavy atom. The summed E-state index contributed by atoms with van der Waals surface area (Å²) in [6.45, 7) is 0.712. The molecule has 0 aromatic heterocycles. The summed E-state index contributed by atoms with van der Waals surface area (Å²) in [5.74, 6) is -0.306. The first-order chi connectivity index (χ1) is 11.4. The molecule has 0 heterocycles. The third-order valence-corrected chi connectivity index (χ3v) is 3.83. The average Bonchev–Trinajstić information content (AvgIpc) is 2.52. The Morgan fingerprint density at radius 3 is 2.50 bits per heavy atom. The van der Waals surface area contributed by atoms with Gasteiger partial charge in [-0.05, 0) is 35.4 Å². The lowest BCUT2D eigenvalue weighted by atomic mass is 10.2. The predicted molar refractivity (Wildman–Crippen MR) is 95.9 cm³/mol. The van der Waals surface area contributed by atoms with Gasteiger partial charge in [0.15, 0.2) is 0 Å². The van der Waals surface area contributed by atoms with E-state index < -0.39 is 0 Å². The minimum atomic E-state index is -0.306. The summed E-state index contributed by atoms with van der Waals surface area (Å²) in [7, 11) is 5.27. The van der Waals surface area contributed by atoms with Crippen molar-refractivity contribution >= 4 is 23.3 Å². The van der Waals surface area contributed by atoms with Gasteiger partial charge in [-0.15, -0.1) is 0 Å². The Morgan fingerprint density at radius 1 is 1.12 bits per heavy atom. The second-order valence-corrected chi connectivity index (χ2v) is 6.26. The van der Waals surface area contributed by atoms with Gasteiger partial charge in [0.05, 0.1) is 5.69 Å². The van der Waals surface area contributed by atoms with E-state index in [9.17, 15) is 9.18 Å². The van der Waals surface area contributed by atoms with Gasteiger partial charge < -0.3 is 15.1 Å². The van der Waals surface area contributed by atoms with Crippen molar-refractivity contribution in [3.63, 3.8) is 0 Å². The molecule has 2 aromatic carbocycles. The summed E-state index contributed by atoms with van der Waals surface area (Å²) in [4.78, 5) is 15.4. The van der Waals surface area contributed by atoms with Crippen LogP contribution in [-0.4, -0.2) is 32.1 Å². The molecule has 0 saturated heterocycles. The van der Waals surface area contributed by atoms with Crippen molar-refractivity contribution in [1.82, 2.24) is 10.2 Å². The Kier molecular flexibility index (Phi) is 6.04. The number of hydrogen-bond donors (Lipinski definition) is 1. The molecular weight excluding hydrogens is 329 g/mol. The molecule has 6 heteroatoms. The number of nitrogens with zero attached hydrogens (tertiary/aromatic N) is 2. The molecule has 0 saturated carbocycles.